The van der Waals surface area contributed by atoms with Gasteiger partial charge in [0.1, 0.15) is 5.75 Å². The average Bonchev–Trinajstić information content (AvgIpc) is 2.87. The molecule has 0 saturated carbocycles. The van der Waals surface area contributed by atoms with Crippen LogP contribution in [-0.4, -0.2) is 60.7 Å². The molecular weight excluding hydrogens is 478 g/mol. The van der Waals surface area contributed by atoms with Gasteiger partial charge in [-0.05, 0) is 42.5 Å². The molecule has 0 aromatic heterocycles. The maximum atomic E-state index is 12.7. The van der Waals surface area contributed by atoms with Crippen molar-refractivity contribution >= 4 is 24.2 Å². The minimum absolute atomic E-state index is 0. The van der Waals surface area contributed by atoms with Gasteiger partial charge in [0.2, 0.25) is 11.8 Å². The fraction of sp³-hybridized carbons (Fsp3) is 0.500. The lowest BCUT2D eigenvalue weighted by Crippen LogP contribution is -2.48. The van der Waals surface area contributed by atoms with Gasteiger partial charge in [0.25, 0.3) is 0 Å². The number of nitrogens with one attached hydrogen (secondary N) is 2. The highest BCUT2D eigenvalue weighted by atomic mass is 35.5. The highest BCUT2D eigenvalue weighted by Crippen LogP contribution is 2.13. The monoisotopic (exact) mass is 519 g/mol. The highest BCUT2D eigenvalue weighted by Gasteiger charge is 2.22. The van der Waals surface area contributed by atoms with Gasteiger partial charge in [-0.15, -0.1) is 12.4 Å². The van der Waals surface area contributed by atoms with E-state index >= 15 is 0 Å². The number of ether oxygens (including phenoxy) is 1. The van der Waals surface area contributed by atoms with Gasteiger partial charge in [-0.25, -0.2) is 0 Å². The first-order valence-corrected chi connectivity index (χ1v) is 12.6. The Morgan fingerprint density at radius 2 is 1.64 bits per heavy atom. The largest absolute Gasteiger partial charge is 0.497 e. The number of halogens is 1. The standard InChI is InChI=1S/C28H41N3O4.ClH/c1-4-16-31(17-5-2)28(34)15-14-27(33)30-25(19-22-10-7-6-8-11-22)26(32)21-29-20-23-12-9-13-24(18-23)35-3;/h6-13,18,25-26,29,32H,4-5,14-17,19-21H2,1-3H3,(H,30,33);1H/t25-,26+;/m0./s1. The quantitative estimate of drug-likeness (QED) is 0.314. The van der Waals surface area contributed by atoms with Gasteiger partial charge in [0.15, 0.2) is 0 Å². The Balaban J connectivity index is 0.00000648. The van der Waals surface area contributed by atoms with Gasteiger partial charge in [0, 0.05) is 39.0 Å². The normalized spacial score (nSPS) is 12.2. The van der Waals surface area contributed by atoms with E-state index in [0.29, 0.717) is 32.6 Å². The van der Waals surface area contributed by atoms with Crippen molar-refractivity contribution in [2.24, 2.45) is 0 Å². The zero-order valence-corrected chi connectivity index (χ0v) is 22.6. The van der Waals surface area contributed by atoms with Crippen LogP contribution < -0.4 is 15.4 Å². The molecule has 2 amide bonds. The molecule has 0 aliphatic carbocycles. The van der Waals surface area contributed by atoms with E-state index in [0.717, 1.165) is 29.7 Å². The average molecular weight is 520 g/mol. The summed E-state index contributed by atoms with van der Waals surface area (Å²) in [6.45, 7) is 6.39. The third kappa shape index (κ3) is 11.4. The number of carbonyl (C=O) groups is 2. The molecule has 2 atom stereocenters. The maximum Gasteiger partial charge on any atom is 0.223 e. The lowest BCUT2D eigenvalue weighted by molar-refractivity contribution is -0.134. The van der Waals surface area contributed by atoms with E-state index in [2.05, 4.69) is 10.6 Å². The van der Waals surface area contributed by atoms with E-state index < -0.39 is 12.1 Å². The second-order valence-corrected chi connectivity index (χ2v) is 8.79. The van der Waals surface area contributed by atoms with Gasteiger partial charge < -0.3 is 25.4 Å². The molecule has 0 saturated heterocycles. The van der Waals surface area contributed by atoms with Crippen molar-refractivity contribution in [3.63, 3.8) is 0 Å². The van der Waals surface area contributed by atoms with Gasteiger partial charge >= 0.3 is 0 Å². The number of aliphatic hydroxyl groups excluding tert-OH is 1. The van der Waals surface area contributed by atoms with Gasteiger partial charge in [-0.1, -0.05) is 56.3 Å². The number of aliphatic hydroxyl groups is 1. The van der Waals surface area contributed by atoms with Crippen LogP contribution in [0.5, 0.6) is 5.75 Å². The summed E-state index contributed by atoms with van der Waals surface area (Å²) in [5.74, 6) is 0.563. The van der Waals surface area contributed by atoms with Crippen molar-refractivity contribution < 1.29 is 19.4 Å². The smallest absolute Gasteiger partial charge is 0.223 e. The second kappa shape index (κ2) is 17.8. The molecule has 2 aromatic carbocycles. The lowest BCUT2D eigenvalue weighted by atomic mass is 10.0. The zero-order chi connectivity index (χ0) is 25.5. The van der Waals surface area contributed by atoms with Crippen LogP contribution in [0.1, 0.15) is 50.7 Å². The highest BCUT2D eigenvalue weighted by molar-refractivity contribution is 5.85. The number of hydrogen-bond donors (Lipinski definition) is 3. The molecule has 2 rings (SSSR count). The van der Waals surface area contributed by atoms with E-state index in [-0.39, 0.29) is 37.1 Å². The summed E-state index contributed by atoms with van der Waals surface area (Å²) >= 11 is 0. The molecule has 3 N–H and O–H groups in total. The summed E-state index contributed by atoms with van der Waals surface area (Å²) in [6.07, 6.45) is 1.78. The van der Waals surface area contributed by atoms with Crippen LogP contribution in [0.15, 0.2) is 54.6 Å². The molecule has 36 heavy (non-hydrogen) atoms. The summed E-state index contributed by atoms with van der Waals surface area (Å²) in [4.78, 5) is 27.1. The fourth-order valence-electron chi connectivity index (χ4n) is 4.00. The van der Waals surface area contributed by atoms with E-state index in [1.807, 2.05) is 73.3 Å². The minimum Gasteiger partial charge on any atom is -0.497 e. The van der Waals surface area contributed by atoms with Crippen LogP contribution in [0.4, 0.5) is 0 Å². The molecule has 7 nitrogen and oxygen atoms in total. The molecule has 0 radical (unpaired) electrons. The van der Waals surface area contributed by atoms with E-state index in [4.69, 9.17) is 4.74 Å². The van der Waals surface area contributed by atoms with Crippen molar-refractivity contribution in [3.8, 4) is 5.75 Å². The molecule has 0 bridgehead atoms. The molecule has 0 unspecified atom stereocenters. The van der Waals surface area contributed by atoms with Crippen LogP contribution in [0.3, 0.4) is 0 Å². The summed E-state index contributed by atoms with van der Waals surface area (Å²) in [5.41, 5.74) is 2.07. The number of nitrogens with zero attached hydrogens (tertiary/aromatic N) is 1. The van der Waals surface area contributed by atoms with Gasteiger partial charge in [-0.3, -0.25) is 9.59 Å². The van der Waals surface area contributed by atoms with E-state index in [1.54, 1.807) is 7.11 Å². The van der Waals surface area contributed by atoms with Crippen molar-refractivity contribution in [2.45, 2.75) is 64.6 Å². The maximum absolute atomic E-state index is 12.7. The molecule has 2 aromatic rings. The van der Waals surface area contributed by atoms with E-state index in [1.165, 1.54) is 0 Å². The topological polar surface area (TPSA) is 90.9 Å². The van der Waals surface area contributed by atoms with Crippen molar-refractivity contribution in [1.82, 2.24) is 15.5 Å². The Hall–Kier alpha value is -2.61. The van der Waals surface area contributed by atoms with Crippen LogP contribution >= 0.6 is 12.4 Å². The number of hydrogen-bond acceptors (Lipinski definition) is 5. The lowest BCUT2D eigenvalue weighted by Gasteiger charge is -2.25. The summed E-state index contributed by atoms with van der Waals surface area (Å²) in [7, 11) is 1.63. The fourth-order valence-corrected chi connectivity index (χ4v) is 4.00. The molecule has 8 heteroatoms. The molecular formula is C28H42ClN3O4. The van der Waals surface area contributed by atoms with Gasteiger partial charge in [-0.2, -0.15) is 0 Å². The Labute approximate surface area is 222 Å². The van der Waals surface area contributed by atoms with Crippen LogP contribution in [0.25, 0.3) is 0 Å². The third-order valence-corrected chi connectivity index (χ3v) is 5.83. The number of amides is 2. The Morgan fingerprint density at radius 3 is 2.28 bits per heavy atom. The molecule has 0 aliphatic rings. The number of methoxy groups -OCH3 is 1. The predicted octanol–water partition coefficient (Wildman–Crippen LogP) is 3.72. The molecule has 0 heterocycles. The predicted molar refractivity (Wildman–Crippen MR) is 146 cm³/mol. The molecule has 0 spiro atoms. The van der Waals surface area contributed by atoms with Crippen molar-refractivity contribution in [2.75, 3.05) is 26.7 Å². The first kappa shape index (κ1) is 31.4. The van der Waals surface area contributed by atoms with Crippen molar-refractivity contribution in [3.05, 3.63) is 65.7 Å². The van der Waals surface area contributed by atoms with Gasteiger partial charge in [0.05, 0.1) is 19.3 Å². The number of rotatable bonds is 16. The second-order valence-electron chi connectivity index (χ2n) is 8.79. The third-order valence-electron chi connectivity index (χ3n) is 5.83. The summed E-state index contributed by atoms with van der Waals surface area (Å²) < 4.78 is 5.26. The first-order chi connectivity index (χ1) is 17.0. The van der Waals surface area contributed by atoms with Crippen LogP contribution in [-0.2, 0) is 22.6 Å². The van der Waals surface area contributed by atoms with Crippen LogP contribution in [0, 0.1) is 0 Å². The Kier molecular flexibility index (Phi) is 15.5. The van der Waals surface area contributed by atoms with E-state index in [9.17, 15) is 14.7 Å². The zero-order valence-electron chi connectivity index (χ0n) is 21.7. The molecule has 0 aliphatic heterocycles. The Bertz CT molecular complexity index is 891. The SMILES string of the molecule is CCCN(CCC)C(=O)CCC(=O)N[C@@H](Cc1ccccc1)[C@H](O)CNCc1cccc(OC)c1.Cl. The summed E-state index contributed by atoms with van der Waals surface area (Å²) in [6, 6.07) is 17.0. The minimum atomic E-state index is -0.794. The number of carbonyl (C=O) groups excluding carboxylic acids is 2. The van der Waals surface area contributed by atoms with Crippen molar-refractivity contribution in [1.29, 1.82) is 0 Å². The molecule has 0 fully saturated rings. The summed E-state index contributed by atoms with van der Waals surface area (Å²) in [5, 5.41) is 17.2. The van der Waals surface area contributed by atoms with Crippen LogP contribution in [0.2, 0.25) is 0 Å². The molecule has 200 valence electrons. The number of benzene rings is 2. The Morgan fingerprint density at radius 1 is 0.972 bits per heavy atom. The first-order valence-electron chi connectivity index (χ1n) is 12.6.